The predicted octanol–water partition coefficient (Wildman–Crippen LogP) is 4.66. The van der Waals surface area contributed by atoms with Crippen LogP contribution in [0.15, 0.2) is 30.3 Å². The van der Waals surface area contributed by atoms with Gasteiger partial charge >= 0.3 is 0 Å². The molecule has 1 aromatic heterocycles. The zero-order chi connectivity index (χ0) is 15.1. The van der Waals surface area contributed by atoms with E-state index < -0.39 is 0 Å². The fraction of sp³-hybridized carbons (Fsp3) is 0.188. The number of aromatic nitrogens is 2. The van der Waals surface area contributed by atoms with Gasteiger partial charge in [-0.1, -0.05) is 0 Å². The van der Waals surface area contributed by atoms with E-state index in [1.54, 1.807) is 32.0 Å². The Labute approximate surface area is 126 Å². The molecule has 0 unspecified atom stereocenters. The van der Waals surface area contributed by atoms with Crippen LogP contribution >= 0.6 is 11.6 Å². The van der Waals surface area contributed by atoms with Gasteiger partial charge in [0.15, 0.2) is 0 Å². The summed E-state index contributed by atoms with van der Waals surface area (Å²) in [7, 11) is 0. The number of halogens is 3. The van der Waals surface area contributed by atoms with Crippen molar-refractivity contribution in [2.75, 3.05) is 0 Å². The molecule has 3 rings (SSSR count). The number of alkyl halides is 1. The van der Waals surface area contributed by atoms with Gasteiger partial charge in [-0.25, -0.2) is 13.8 Å². The van der Waals surface area contributed by atoms with Crippen LogP contribution in [0.1, 0.15) is 17.0 Å². The highest BCUT2D eigenvalue weighted by molar-refractivity contribution is 6.17. The molecule has 0 aliphatic heterocycles. The van der Waals surface area contributed by atoms with Crippen molar-refractivity contribution in [1.29, 1.82) is 0 Å². The third kappa shape index (κ3) is 2.29. The molecule has 3 aromatic rings. The molecule has 0 aliphatic carbocycles. The molecule has 1 heterocycles. The Kier molecular flexibility index (Phi) is 3.41. The quantitative estimate of drug-likeness (QED) is 0.630. The molecular formula is C16H13ClF2N2. The minimum absolute atomic E-state index is 0.186. The van der Waals surface area contributed by atoms with Gasteiger partial charge in [-0.3, -0.25) is 4.57 Å². The Morgan fingerprint density at radius 3 is 2.43 bits per heavy atom. The van der Waals surface area contributed by atoms with E-state index in [-0.39, 0.29) is 17.5 Å². The van der Waals surface area contributed by atoms with E-state index in [2.05, 4.69) is 4.98 Å². The number of imidazole rings is 1. The first-order chi connectivity index (χ1) is 10.0. The van der Waals surface area contributed by atoms with Crippen molar-refractivity contribution in [2.45, 2.75) is 19.7 Å². The van der Waals surface area contributed by atoms with Crippen molar-refractivity contribution >= 4 is 22.6 Å². The number of fused-ring (bicyclic) bond motifs is 1. The monoisotopic (exact) mass is 306 g/mol. The Bertz CT molecular complexity index is 840. The molecule has 0 saturated carbocycles. The molecule has 0 saturated heterocycles. The summed E-state index contributed by atoms with van der Waals surface area (Å²) in [6, 6.07) is 7.92. The lowest BCUT2D eigenvalue weighted by Gasteiger charge is -2.09. The predicted molar refractivity (Wildman–Crippen MR) is 80.0 cm³/mol. The lowest BCUT2D eigenvalue weighted by atomic mass is 10.2. The van der Waals surface area contributed by atoms with Crippen molar-refractivity contribution < 1.29 is 8.78 Å². The average molecular weight is 307 g/mol. The Hall–Kier alpha value is -1.94. The zero-order valence-electron chi connectivity index (χ0n) is 11.6. The molecule has 0 radical (unpaired) electrons. The molecular weight excluding hydrogens is 294 g/mol. The molecule has 2 aromatic carbocycles. The molecule has 0 amide bonds. The Morgan fingerprint density at radius 2 is 1.76 bits per heavy atom. The van der Waals surface area contributed by atoms with E-state index in [1.807, 2.05) is 4.57 Å². The van der Waals surface area contributed by atoms with Gasteiger partial charge in [-0.05, 0) is 49.2 Å². The van der Waals surface area contributed by atoms with Crippen molar-refractivity contribution in [3.8, 4) is 5.69 Å². The van der Waals surface area contributed by atoms with Gasteiger partial charge in [0.25, 0.3) is 0 Å². The second-order valence-corrected chi connectivity index (χ2v) is 5.29. The summed E-state index contributed by atoms with van der Waals surface area (Å²) >= 11 is 5.95. The van der Waals surface area contributed by atoms with Crippen LogP contribution in [0, 0.1) is 25.5 Å². The highest BCUT2D eigenvalue weighted by atomic mass is 35.5. The zero-order valence-corrected chi connectivity index (χ0v) is 12.4. The largest absolute Gasteiger partial charge is 0.295 e. The molecule has 108 valence electrons. The smallest absolute Gasteiger partial charge is 0.129 e. The van der Waals surface area contributed by atoms with Gasteiger partial charge in [0, 0.05) is 11.8 Å². The summed E-state index contributed by atoms with van der Waals surface area (Å²) < 4.78 is 29.0. The van der Waals surface area contributed by atoms with Gasteiger partial charge < -0.3 is 0 Å². The van der Waals surface area contributed by atoms with Gasteiger partial charge in [0.1, 0.15) is 17.5 Å². The molecule has 0 aliphatic rings. The second kappa shape index (κ2) is 5.11. The number of nitrogens with zero attached hydrogens (tertiary/aromatic N) is 2. The topological polar surface area (TPSA) is 17.8 Å². The number of hydrogen-bond donors (Lipinski definition) is 0. The molecule has 0 bridgehead atoms. The van der Waals surface area contributed by atoms with E-state index in [0.29, 0.717) is 22.5 Å². The second-order valence-electron chi connectivity index (χ2n) is 5.02. The van der Waals surface area contributed by atoms with Crippen molar-refractivity contribution in [3.05, 3.63) is 58.9 Å². The summed E-state index contributed by atoms with van der Waals surface area (Å²) in [5.41, 5.74) is 3.13. The number of hydrogen-bond acceptors (Lipinski definition) is 1. The van der Waals surface area contributed by atoms with E-state index in [1.165, 1.54) is 12.1 Å². The van der Waals surface area contributed by atoms with Crippen LogP contribution in [0.4, 0.5) is 8.78 Å². The lowest BCUT2D eigenvalue weighted by Crippen LogP contribution is -2.00. The minimum Gasteiger partial charge on any atom is -0.295 e. The van der Waals surface area contributed by atoms with Gasteiger partial charge in [0.05, 0.1) is 16.9 Å². The maximum absolute atomic E-state index is 13.7. The average Bonchev–Trinajstić information content (AvgIpc) is 2.80. The Morgan fingerprint density at radius 1 is 1.05 bits per heavy atom. The van der Waals surface area contributed by atoms with Crippen molar-refractivity contribution in [1.82, 2.24) is 9.55 Å². The van der Waals surface area contributed by atoms with Crippen LogP contribution in [0.25, 0.3) is 16.7 Å². The van der Waals surface area contributed by atoms with Crippen LogP contribution < -0.4 is 0 Å². The normalized spacial score (nSPS) is 11.3. The maximum atomic E-state index is 13.7. The van der Waals surface area contributed by atoms with Crippen LogP contribution in [0.2, 0.25) is 0 Å². The van der Waals surface area contributed by atoms with Crippen LogP contribution in [-0.2, 0) is 5.88 Å². The third-order valence-corrected chi connectivity index (χ3v) is 3.76. The van der Waals surface area contributed by atoms with E-state index >= 15 is 0 Å². The van der Waals surface area contributed by atoms with Crippen LogP contribution in [0.5, 0.6) is 0 Å². The summed E-state index contributed by atoms with van der Waals surface area (Å²) in [6.07, 6.45) is 0. The summed E-state index contributed by atoms with van der Waals surface area (Å²) in [5.74, 6) is 0.218. The molecule has 0 spiro atoms. The molecule has 21 heavy (non-hydrogen) atoms. The summed E-state index contributed by atoms with van der Waals surface area (Å²) in [6.45, 7) is 3.39. The summed E-state index contributed by atoms with van der Waals surface area (Å²) in [5, 5.41) is 0. The SMILES string of the molecule is Cc1cc(-n2c(CCl)nc3cc(F)c(C)cc32)ccc1F. The van der Waals surface area contributed by atoms with E-state index in [9.17, 15) is 8.78 Å². The number of rotatable bonds is 2. The van der Waals surface area contributed by atoms with Crippen molar-refractivity contribution in [3.63, 3.8) is 0 Å². The first-order valence-corrected chi connectivity index (χ1v) is 7.04. The molecule has 2 nitrogen and oxygen atoms in total. The highest BCUT2D eigenvalue weighted by Gasteiger charge is 2.14. The van der Waals surface area contributed by atoms with Gasteiger partial charge in [-0.2, -0.15) is 0 Å². The minimum atomic E-state index is -0.302. The first kappa shape index (κ1) is 14.0. The van der Waals surface area contributed by atoms with Crippen LogP contribution in [0.3, 0.4) is 0 Å². The molecule has 5 heteroatoms. The van der Waals surface area contributed by atoms with E-state index in [4.69, 9.17) is 11.6 Å². The highest BCUT2D eigenvalue weighted by Crippen LogP contribution is 2.26. The van der Waals surface area contributed by atoms with Crippen molar-refractivity contribution in [2.24, 2.45) is 0 Å². The number of benzene rings is 2. The van der Waals surface area contributed by atoms with Gasteiger partial charge in [-0.15, -0.1) is 11.6 Å². The third-order valence-electron chi connectivity index (χ3n) is 3.52. The maximum Gasteiger partial charge on any atom is 0.129 e. The standard InChI is InChI=1S/C16H13ClF2N2/c1-9-5-11(3-4-12(9)18)21-15-6-10(2)13(19)7-14(15)20-16(21)8-17/h3-7H,8H2,1-2H3. The fourth-order valence-corrected chi connectivity index (χ4v) is 2.58. The fourth-order valence-electron chi connectivity index (χ4n) is 2.40. The summed E-state index contributed by atoms with van der Waals surface area (Å²) in [4.78, 5) is 4.36. The van der Waals surface area contributed by atoms with Crippen LogP contribution in [-0.4, -0.2) is 9.55 Å². The molecule has 0 fully saturated rings. The lowest BCUT2D eigenvalue weighted by molar-refractivity contribution is 0.618. The van der Waals surface area contributed by atoms with E-state index in [0.717, 1.165) is 11.2 Å². The van der Waals surface area contributed by atoms with Gasteiger partial charge in [0.2, 0.25) is 0 Å². The first-order valence-electron chi connectivity index (χ1n) is 6.51. The Balaban J connectivity index is 2.34. The number of aryl methyl sites for hydroxylation is 2. The molecule has 0 N–H and O–H groups in total. The molecule has 0 atom stereocenters.